The summed E-state index contributed by atoms with van der Waals surface area (Å²) >= 11 is 0. The van der Waals surface area contributed by atoms with Crippen LogP contribution in [0.1, 0.15) is 16.2 Å². The van der Waals surface area contributed by atoms with Gasteiger partial charge in [0.15, 0.2) is 5.69 Å². The zero-order valence-electron chi connectivity index (χ0n) is 8.64. The van der Waals surface area contributed by atoms with Gasteiger partial charge < -0.3 is 10.5 Å². The van der Waals surface area contributed by atoms with E-state index in [4.69, 9.17) is 10.5 Å². The topological polar surface area (TPSA) is 83.0 Å². The largest absolute Gasteiger partial charge is 0.457 e. The van der Waals surface area contributed by atoms with E-state index in [0.29, 0.717) is 18.8 Å². The second-order valence-corrected chi connectivity index (χ2v) is 2.92. The van der Waals surface area contributed by atoms with E-state index in [1.54, 1.807) is 11.6 Å². The molecule has 0 saturated heterocycles. The summed E-state index contributed by atoms with van der Waals surface area (Å²) in [5.41, 5.74) is 6.27. The Kier molecular flexibility index (Phi) is 3.99. The minimum absolute atomic E-state index is 0.169. The number of ether oxygens (including phenoxy) is 1. The summed E-state index contributed by atoms with van der Waals surface area (Å²) < 4.78 is 6.42. The molecular formula is C9H14N4O2. The van der Waals surface area contributed by atoms with E-state index < -0.39 is 5.97 Å². The number of hydrogen-bond donors (Lipinski definition) is 1. The maximum absolute atomic E-state index is 11.4. The summed E-state index contributed by atoms with van der Waals surface area (Å²) in [6.07, 6.45) is 1.50. The molecule has 0 fully saturated rings. The van der Waals surface area contributed by atoms with Gasteiger partial charge in [-0.05, 0) is 6.92 Å². The van der Waals surface area contributed by atoms with Crippen LogP contribution in [0.3, 0.4) is 0 Å². The van der Waals surface area contributed by atoms with Gasteiger partial charge in [0.1, 0.15) is 6.61 Å². The van der Waals surface area contributed by atoms with Crippen LogP contribution in [-0.2, 0) is 11.3 Å². The molecule has 0 aromatic carbocycles. The van der Waals surface area contributed by atoms with E-state index >= 15 is 0 Å². The predicted molar refractivity (Wildman–Crippen MR) is 54.3 cm³/mol. The van der Waals surface area contributed by atoms with Crippen molar-refractivity contribution >= 4 is 5.97 Å². The van der Waals surface area contributed by atoms with E-state index in [0.717, 1.165) is 0 Å². The molecule has 0 atom stereocenters. The average Bonchev–Trinajstić information content (AvgIpc) is 2.58. The molecule has 82 valence electrons. The number of aromatic nitrogens is 3. The van der Waals surface area contributed by atoms with Crippen molar-refractivity contribution in [3.05, 3.63) is 24.0 Å². The molecule has 0 amide bonds. The standard InChI is InChI=1S/C9H14N4O2/c1-3-6-15-9(14)8-7(2)13(5-4-10)12-11-8/h3H,1,4-6,10H2,2H3. The molecule has 6 heteroatoms. The highest BCUT2D eigenvalue weighted by Crippen LogP contribution is 2.04. The van der Waals surface area contributed by atoms with E-state index in [1.165, 1.54) is 6.08 Å². The Balaban J connectivity index is 2.76. The molecule has 1 heterocycles. The zero-order chi connectivity index (χ0) is 11.3. The lowest BCUT2D eigenvalue weighted by Gasteiger charge is -2.01. The molecule has 0 aliphatic carbocycles. The van der Waals surface area contributed by atoms with Crippen molar-refractivity contribution in [2.45, 2.75) is 13.5 Å². The van der Waals surface area contributed by atoms with Gasteiger partial charge in [-0.3, -0.25) is 0 Å². The minimum atomic E-state index is -0.490. The highest BCUT2D eigenvalue weighted by Gasteiger charge is 2.16. The lowest BCUT2D eigenvalue weighted by molar-refractivity contribution is 0.0542. The van der Waals surface area contributed by atoms with Gasteiger partial charge in [0.05, 0.1) is 12.2 Å². The van der Waals surface area contributed by atoms with Gasteiger partial charge in [-0.25, -0.2) is 9.48 Å². The fourth-order valence-corrected chi connectivity index (χ4v) is 1.09. The summed E-state index contributed by atoms with van der Waals surface area (Å²) in [4.78, 5) is 11.4. The van der Waals surface area contributed by atoms with Gasteiger partial charge >= 0.3 is 5.97 Å². The molecule has 0 radical (unpaired) electrons. The van der Waals surface area contributed by atoms with Crippen LogP contribution in [0.15, 0.2) is 12.7 Å². The third-order valence-corrected chi connectivity index (χ3v) is 1.85. The van der Waals surface area contributed by atoms with E-state index in [-0.39, 0.29) is 12.3 Å². The Bertz CT molecular complexity index is 359. The van der Waals surface area contributed by atoms with Crippen LogP contribution in [0, 0.1) is 6.92 Å². The average molecular weight is 210 g/mol. The first-order chi connectivity index (χ1) is 7.20. The Hall–Kier alpha value is -1.69. The number of rotatable bonds is 5. The molecule has 2 N–H and O–H groups in total. The van der Waals surface area contributed by atoms with E-state index in [1.807, 2.05) is 0 Å². The van der Waals surface area contributed by atoms with Crippen molar-refractivity contribution in [3.8, 4) is 0 Å². The first-order valence-electron chi connectivity index (χ1n) is 4.59. The molecule has 0 unspecified atom stereocenters. The first-order valence-corrected chi connectivity index (χ1v) is 4.59. The third-order valence-electron chi connectivity index (χ3n) is 1.85. The third kappa shape index (κ3) is 2.63. The lowest BCUT2D eigenvalue weighted by atomic mass is 10.3. The Morgan fingerprint density at radius 3 is 3.07 bits per heavy atom. The van der Waals surface area contributed by atoms with Gasteiger partial charge in [0, 0.05) is 6.54 Å². The first kappa shape index (κ1) is 11.4. The number of esters is 1. The second kappa shape index (κ2) is 5.26. The molecule has 1 rings (SSSR count). The highest BCUT2D eigenvalue weighted by atomic mass is 16.5. The van der Waals surface area contributed by atoms with Crippen molar-refractivity contribution in [1.29, 1.82) is 0 Å². The van der Waals surface area contributed by atoms with Crippen LogP contribution >= 0.6 is 0 Å². The normalized spacial score (nSPS) is 10.0. The van der Waals surface area contributed by atoms with E-state index in [9.17, 15) is 4.79 Å². The van der Waals surface area contributed by atoms with Crippen LogP contribution in [-0.4, -0.2) is 34.1 Å². The van der Waals surface area contributed by atoms with Crippen LogP contribution in [0.25, 0.3) is 0 Å². The molecule has 6 nitrogen and oxygen atoms in total. The second-order valence-electron chi connectivity index (χ2n) is 2.92. The monoisotopic (exact) mass is 210 g/mol. The number of hydrogen-bond acceptors (Lipinski definition) is 5. The summed E-state index contributed by atoms with van der Waals surface area (Å²) in [5, 5.41) is 7.53. The maximum atomic E-state index is 11.4. The Morgan fingerprint density at radius 1 is 1.73 bits per heavy atom. The quantitative estimate of drug-likeness (QED) is 0.541. The number of nitrogens with two attached hydrogens (primary N) is 1. The van der Waals surface area contributed by atoms with Crippen molar-refractivity contribution in [3.63, 3.8) is 0 Å². The van der Waals surface area contributed by atoms with Crippen LogP contribution in [0.5, 0.6) is 0 Å². The molecule has 1 aromatic heterocycles. The number of carbonyl (C=O) groups excluding carboxylic acids is 1. The summed E-state index contributed by atoms with van der Waals surface area (Å²) in [6, 6.07) is 0. The molecule has 15 heavy (non-hydrogen) atoms. The SMILES string of the molecule is C=CCOC(=O)c1nnn(CCN)c1C. The van der Waals surface area contributed by atoms with Crippen molar-refractivity contribution in [1.82, 2.24) is 15.0 Å². The zero-order valence-corrected chi connectivity index (χ0v) is 8.64. The summed E-state index contributed by atoms with van der Waals surface area (Å²) in [6.45, 7) is 6.35. The summed E-state index contributed by atoms with van der Waals surface area (Å²) in [5.74, 6) is -0.490. The Morgan fingerprint density at radius 2 is 2.47 bits per heavy atom. The van der Waals surface area contributed by atoms with Gasteiger partial charge in [-0.15, -0.1) is 5.10 Å². The fourth-order valence-electron chi connectivity index (χ4n) is 1.09. The molecule has 0 aliphatic rings. The molecular weight excluding hydrogens is 196 g/mol. The van der Waals surface area contributed by atoms with Gasteiger partial charge in [0.25, 0.3) is 0 Å². The highest BCUT2D eigenvalue weighted by molar-refractivity contribution is 5.88. The van der Waals surface area contributed by atoms with Gasteiger partial charge in [-0.1, -0.05) is 17.9 Å². The number of carbonyl (C=O) groups is 1. The van der Waals surface area contributed by atoms with E-state index in [2.05, 4.69) is 16.9 Å². The van der Waals surface area contributed by atoms with Crippen LogP contribution < -0.4 is 5.73 Å². The lowest BCUT2D eigenvalue weighted by Crippen LogP contribution is -2.13. The number of nitrogens with zero attached hydrogens (tertiary/aromatic N) is 3. The van der Waals surface area contributed by atoms with Crippen LogP contribution in [0.4, 0.5) is 0 Å². The Labute approximate surface area is 87.7 Å². The van der Waals surface area contributed by atoms with Crippen molar-refractivity contribution in [2.24, 2.45) is 5.73 Å². The molecule has 0 aliphatic heterocycles. The van der Waals surface area contributed by atoms with Gasteiger partial charge in [0.2, 0.25) is 0 Å². The molecule has 0 spiro atoms. The van der Waals surface area contributed by atoms with Crippen molar-refractivity contribution in [2.75, 3.05) is 13.2 Å². The molecule has 0 saturated carbocycles. The van der Waals surface area contributed by atoms with Crippen molar-refractivity contribution < 1.29 is 9.53 Å². The molecule has 1 aromatic rings. The fraction of sp³-hybridized carbons (Fsp3) is 0.444. The predicted octanol–water partition coefficient (Wildman–Crippen LogP) is -0.112. The van der Waals surface area contributed by atoms with Gasteiger partial charge in [-0.2, -0.15) is 0 Å². The minimum Gasteiger partial charge on any atom is -0.457 e. The molecule has 0 bridgehead atoms. The maximum Gasteiger partial charge on any atom is 0.361 e. The van der Waals surface area contributed by atoms with Crippen LogP contribution in [0.2, 0.25) is 0 Å². The summed E-state index contributed by atoms with van der Waals surface area (Å²) in [7, 11) is 0. The smallest absolute Gasteiger partial charge is 0.361 e.